The van der Waals surface area contributed by atoms with Gasteiger partial charge >= 0.3 is 6.18 Å². The molecule has 1 aromatic heterocycles. The summed E-state index contributed by atoms with van der Waals surface area (Å²) in [4.78, 5) is 11.9. The molecule has 0 saturated carbocycles. The zero-order valence-electron chi connectivity index (χ0n) is 13.6. The Bertz CT molecular complexity index is 761. The fourth-order valence-corrected chi connectivity index (χ4v) is 2.31. The number of nitrogens with one attached hydrogen (secondary N) is 1. The number of amides is 1. The van der Waals surface area contributed by atoms with E-state index in [4.69, 9.17) is 0 Å². The van der Waals surface area contributed by atoms with E-state index in [0.29, 0.717) is 6.04 Å². The van der Waals surface area contributed by atoms with Crippen molar-refractivity contribution < 1.29 is 18.0 Å². The van der Waals surface area contributed by atoms with E-state index in [9.17, 15) is 18.0 Å². The largest absolute Gasteiger partial charge is 0.416 e. The molecule has 1 aromatic carbocycles. The highest BCUT2D eigenvalue weighted by Gasteiger charge is 2.30. The third-order valence-corrected chi connectivity index (χ3v) is 3.46. The fraction of sp³-hybridized carbons (Fsp3) is 0.294. The van der Waals surface area contributed by atoms with Gasteiger partial charge in [-0.15, -0.1) is 0 Å². The van der Waals surface area contributed by atoms with Crippen LogP contribution in [0.5, 0.6) is 0 Å². The monoisotopic (exact) mass is 337 g/mol. The summed E-state index contributed by atoms with van der Waals surface area (Å²) in [6, 6.07) is 6.40. The molecule has 0 fully saturated rings. The Labute approximate surface area is 138 Å². The molecule has 24 heavy (non-hydrogen) atoms. The molecule has 1 amide bonds. The second-order valence-electron chi connectivity index (χ2n) is 5.69. The first-order chi connectivity index (χ1) is 11.2. The highest BCUT2D eigenvalue weighted by Crippen LogP contribution is 2.29. The third-order valence-electron chi connectivity index (χ3n) is 3.46. The van der Waals surface area contributed by atoms with Gasteiger partial charge in [0.1, 0.15) is 0 Å². The lowest BCUT2D eigenvalue weighted by molar-refractivity contribution is -0.137. The van der Waals surface area contributed by atoms with Gasteiger partial charge in [0, 0.05) is 29.1 Å². The van der Waals surface area contributed by atoms with Crippen LogP contribution in [0.4, 0.5) is 13.2 Å². The Kier molecular flexibility index (Phi) is 5.11. The van der Waals surface area contributed by atoms with Crippen molar-refractivity contribution >= 4 is 12.1 Å². The van der Waals surface area contributed by atoms with Crippen molar-refractivity contribution in [1.29, 1.82) is 0 Å². The summed E-state index contributed by atoms with van der Waals surface area (Å²) in [5.41, 5.74) is 3.12. The topological polar surface area (TPSA) is 46.4 Å². The van der Waals surface area contributed by atoms with Crippen molar-refractivity contribution in [3.05, 3.63) is 58.9 Å². The van der Waals surface area contributed by atoms with Crippen LogP contribution in [-0.2, 0) is 6.18 Å². The number of hydrogen-bond acceptors (Lipinski definition) is 2. The first kappa shape index (κ1) is 17.8. The zero-order valence-corrected chi connectivity index (χ0v) is 13.6. The Hall–Kier alpha value is -2.57. The molecule has 7 heteroatoms. The molecule has 2 rings (SSSR count). The predicted molar refractivity (Wildman–Crippen MR) is 86.1 cm³/mol. The van der Waals surface area contributed by atoms with Gasteiger partial charge in [0.15, 0.2) is 0 Å². The number of hydrogen-bond donors (Lipinski definition) is 1. The number of rotatable bonds is 4. The summed E-state index contributed by atoms with van der Waals surface area (Å²) in [5, 5.41) is 3.80. The van der Waals surface area contributed by atoms with Crippen molar-refractivity contribution in [1.82, 2.24) is 9.99 Å². The molecule has 0 atom stereocenters. The average Bonchev–Trinajstić information content (AvgIpc) is 2.87. The lowest BCUT2D eigenvalue weighted by Crippen LogP contribution is -2.18. The van der Waals surface area contributed by atoms with Gasteiger partial charge in [-0.2, -0.15) is 18.3 Å². The van der Waals surface area contributed by atoms with Crippen molar-refractivity contribution in [2.45, 2.75) is 33.0 Å². The maximum absolute atomic E-state index is 12.6. The van der Waals surface area contributed by atoms with Crippen molar-refractivity contribution in [3.8, 4) is 0 Å². The van der Waals surface area contributed by atoms with E-state index < -0.39 is 17.6 Å². The molecule has 1 heterocycles. The number of hydrazone groups is 1. The number of benzene rings is 1. The van der Waals surface area contributed by atoms with E-state index in [1.165, 1.54) is 18.3 Å². The molecule has 0 aliphatic carbocycles. The van der Waals surface area contributed by atoms with E-state index >= 15 is 0 Å². The van der Waals surface area contributed by atoms with Gasteiger partial charge in [0.05, 0.1) is 11.8 Å². The number of carbonyl (C=O) groups is 1. The minimum absolute atomic E-state index is 0.0992. The molecule has 0 aliphatic rings. The normalized spacial score (nSPS) is 12.1. The number of halogens is 3. The minimum Gasteiger partial charge on any atom is -0.349 e. The second-order valence-corrected chi connectivity index (χ2v) is 5.69. The van der Waals surface area contributed by atoms with Crippen molar-refractivity contribution in [3.63, 3.8) is 0 Å². The lowest BCUT2D eigenvalue weighted by atomic mass is 10.1. The van der Waals surface area contributed by atoms with Gasteiger partial charge in [-0.25, -0.2) is 5.43 Å². The van der Waals surface area contributed by atoms with Crippen LogP contribution in [0.25, 0.3) is 0 Å². The molecule has 4 nitrogen and oxygen atoms in total. The van der Waals surface area contributed by atoms with Gasteiger partial charge in [-0.3, -0.25) is 4.79 Å². The van der Waals surface area contributed by atoms with E-state index in [-0.39, 0.29) is 5.56 Å². The van der Waals surface area contributed by atoms with Crippen molar-refractivity contribution in [2.75, 3.05) is 0 Å². The predicted octanol–water partition coefficient (Wildman–Crippen LogP) is 4.16. The summed E-state index contributed by atoms with van der Waals surface area (Å²) in [5.74, 6) is -0.697. The molecular formula is C17H18F3N3O. The van der Waals surface area contributed by atoms with Crippen LogP contribution < -0.4 is 5.43 Å². The molecule has 1 N–H and O–H groups in total. The Morgan fingerprint density at radius 3 is 2.58 bits per heavy atom. The lowest BCUT2D eigenvalue weighted by Gasteiger charge is -2.08. The van der Waals surface area contributed by atoms with Gasteiger partial charge < -0.3 is 4.57 Å². The van der Waals surface area contributed by atoms with Gasteiger partial charge in [0.2, 0.25) is 0 Å². The molecule has 0 spiro atoms. The van der Waals surface area contributed by atoms with E-state index in [1.807, 2.05) is 33.0 Å². The van der Waals surface area contributed by atoms with Gasteiger partial charge in [-0.1, -0.05) is 6.07 Å². The highest BCUT2D eigenvalue weighted by molar-refractivity contribution is 5.95. The minimum atomic E-state index is -4.49. The second kappa shape index (κ2) is 6.90. The van der Waals surface area contributed by atoms with Crippen LogP contribution in [-0.4, -0.2) is 16.7 Å². The molecule has 0 bridgehead atoms. The fourth-order valence-electron chi connectivity index (χ4n) is 2.31. The molecule has 2 aromatic rings. The van der Waals surface area contributed by atoms with Crippen LogP contribution in [0.2, 0.25) is 0 Å². The van der Waals surface area contributed by atoms with Crippen LogP contribution in [0.1, 0.15) is 47.1 Å². The summed E-state index contributed by atoms with van der Waals surface area (Å²) in [7, 11) is 0. The number of aromatic nitrogens is 1. The molecule has 0 radical (unpaired) electrons. The standard InChI is InChI=1S/C17H18F3N3O/c1-11(2)23-10-13(7-12(23)3)9-21-22-16(24)14-5-4-6-15(8-14)17(18,19)20/h4-11H,1-3H3,(H,22,24)/b21-9-. The molecule has 0 unspecified atom stereocenters. The number of nitrogens with zero attached hydrogens (tertiary/aromatic N) is 2. The molecule has 0 saturated heterocycles. The van der Waals surface area contributed by atoms with Crippen LogP contribution >= 0.6 is 0 Å². The summed E-state index contributed by atoms with van der Waals surface area (Å²) < 4.78 is 40.0. The summed E-state index contributed by atoms with van der Waals surface area (Å²) >= 11 is 0. The van der Waals surface area contributed by atoms with Crippen LogP contribution in [0.3, 0.4) is 0 Å². The van der Waals surface area contributed by atoms with E-state index in [1.54, 1.807) is 0 Å². The quantitative estimate of drug-likeness (QED) is 0.661. The first-order valence-electron chi connectivity index (χ1n) is 7.37. The smallest absolute Gasteiger partial charge is 0.349 e. The van der Waals surface area contributed by atoms with E-state index in [2.05, 4.69) is 15.1 Å². The molecular weight excluding hydrogens is 319 g/mol. The number of carbonyl (C=O) groups excluding carboxylic acids is 1. The first-order valence-corrected chi connectivity index (χ1v) is 7.37. The Balaban J connectivity index is 2.07. The van der Waals surface area contributed by atoms with Crippen LogP contribution in [0, 0.1) is 6.92 Å². The van der Waals surface area contributed by atoms with E-state index in [0.717, 1.165) is 23.4 Å². The Morgan fingerprint density at radius 2 is 2.00 bits per heavy atom. The maximum Gasteiger partial charge on any atom is 0.416 e. The Morgan fingerprint density at radius 1 is 1.29 bits per heavy atom. The van der Waals surface area contributed by atoms with Gasteiger partial charge in [-0.05, 0) is 45.0 Å². The molecule has 0 aliphatic heterocycles. The highest BCUT2D eigenvalue weighted by atomic mass is 19.4. The number of alkyl halides is 3. The van der Waals surface area contributed by atoms with Crippen molar-refractivity contribution in [2.24, 2.45) is 5.10 Å². The average molecular weight is 337 g/mol. The van der Waals surface area contributed by atoms with Crippen LogP contribution in [0.15, 0.2) is 41.6 Å². The molecule has 128 valence electrons. The number of aryl methyl sites for hydroxylation is 1. The third kappa shape index (κ3) is 4.24. The SMILES string of the molecule is Cc1cc(/C=N\NC(=O)c2cccc(C(F)(F)F)c2)cn1C(C)C. The van der Waals surface area contributed by atoms with Gasteiger partial charge in [0.25, 0.3) is 5.91 Å². The summed E-state index contributed by atoms with van der Waals surface area (Å²) in [6.45, 7) is 6.05. The maximum atomic E-state index is 12.6. The zero-order chi connectivity index (χ0) is 17.9. The summed E-state index contributed by atoms with van der Waals surface area (Å²) in [6.07, 6.45) is -1.14.